The van der Waals surface area contributed by atoms with E-state index in [9.17, 15) is 14.9 Å². The van der Waals surface area contributed by atoms with Crippen LogP contribution in [0.15, 0.2) is 53.4 Å². The molecule has 0 atom stereocenters. The van der Waals surface area contributed by atoms with Crippen LogP contribution in [0.2, 0.25) is 0 Å². The summed E-state index contributed by atoms with van der Waals surface area (Å²) in [6, 6.07) is 9.89. The topological polar surface area (TPSA) is 132 Å². The Morgan fingerprint density at radius 2 is 2.00 bits per heavy atom. The Morgan fingerprint density at radius 1 is 1.23 bits per heavy atom. The van der Waals surface area contributed by atoms with Gasteiger partial charge in [-0.25, -0.2) is 4.98 Å². The molecule has 3 aromatic rings. The van der Waals surface area contributed by atoms with Gasteiger partial charge in [0.15, 0.2) is 5.76 Å². The molecule has 0 aliphatic rings. The van der Waals surface area contributed by atoms with Gasteiger partial charge in [-0.3, -0.25) is 25.8 Å². The molecule has 1 amide bonds. The lowest BCUT2D eigenvalue weighted by Gasteiger charge is -2.09. The first-order chi connectivity index (χ1) is 12.5. The number of aromatic nitrogens is 2. The van der Waals surface area contributed by atoms with Gasteiger partial charge >= 0.3 is 17.5 Å². The van der Waals surface area contributed by atoms with Crippen LogP contribution in [0.1, 0.15) is 16.1 Å². The van der Waals surface area contributed by atoms with E-state index in [-0.39, 0.29) is 17.5 Å². The summed E-state index contributed by atoms with van der Waals surface area (Å²) in [4.78, 5) is 30.2. The summed E-state index contributed by atoms with van der Waals surface area (Å²) in [6.45, 7) is 1.90. The van der Waals surface area contributed by atoms with Crippen molar-refractivity contribution in [2.45, 2.75) is 6.92 Å². The number of nitrogens with one attached hydrogen (secondary N) is 2. The monoisotopic (exact) mass is 355 g/mol. The molecule has 132 valence electrons. The van der Waals surface area contributed by atoms with Crippen molar-refractivity contribution in [2.75, 3.05) is 5.43 Å². The fourth-order valence-electron chi connectivity index (χ4n) is 2.00. The fraction of sp³-hybridized carbons (Fsp3) is 0.0625. The van der Waals surface area contributed by atoms with E-state index >= 15 is 0 Å². The highest BCUT2D eigenvalue weighted by Crippen LogP contribution is 2.33. The molecule has 3 rings (SSSR count). The smallest absolute Gasteiger partial charge is 0.374 e. The highest BCUT2D eigenvalue weighted by molar-refractivity contribution is 5.92. The number of hydrogen-bond donors (Lipinski definition) is 2. The third kappa shape index (κ3) is 3.75. The number of benzene rings is 1. The maximum Gasteiger partial charge on any atom is 0.374 e. The average Bonchev–Trinajstić information content (AvgIpc) is 3.16. The molecule has 0 saturated heterocycles. The molecular formula is C16H13N5O5. The molecular weight excluding hydrogens is 342 g/mol. The molecule has 0 unspecified atom stereocenters. The predicted octanol–water partition coefficient (Wildman–Crippen LogP) is 2.84. The maximum absolute atomic E-state index is 11.9. The lowest BCUT2D eigenvalue weighted by molar-refractivity contribution is -0.385. The lowest BCUT2D eigenvalue weighted by Crippen LogP contribution is -2.30. The molecule has 0 bridgehead atoms. The third-order valence-electron chi connectivity index (χ3n) is 3.25. The Morgan fingerprint density at radius 3 is 2.65 bits per heavy atom. The van der Waals surface area contributed by atoms with E-state index in [4.69, 9.17) is 9.15 Å². The standard InChI is InChI=1S/C16H13N5O5/c1-10-4-6-11(7-5-10)26-16-13(21(23)24)14(17-9-18-16)19-20-15(22)12-3-2-8-25-12/h2-9H,1H3,(H,20,22)(H,17,18,19). The number of furan rings is 1. The molecule has 0 aliphatic carbocycles. The van der Waals surface area contributed by atoms with Gasteiger partial charge in [-0.15, -0.1) is 0 Å². The number of aryl methyl sites for hydroxylation is 1. The van der Waals surface area contributed by atoms with E-state index < -0.39 is 16.5 Å². The van der Waals surface area contributed by atoms with E-state index in [0.717, 1.165) is 11.9 Å². The second kappa shape index (κ2) is 7.30. The number of anilines is 1. The molecule has 26 heavy (non-hydrogen) atoms. The summed E-state index contributed by atoms with van der Waals surface area (Å²) in [7, 11) is 0. The van der Waals surface area contributed by atoms with E-state index in [1.807, 2.05) is 6.92 Å². The van der Waals surface area contributed by atoms with Crippen LogP contribution in [-0.2, 0) is 0 Å². The van der Waals surface area contributed by atoms with Gasteiger partial charge in [0.1, 0.15) is 12.1 Å². The predicted molar refractivity (Wildman–Crippen MR) is 89.7 cm³/mol. The molecule has 2 heterocycles. The van der Waals surface area contributed by atoms with Crippen LogP contribution in [0.3, 0.4) is 0 Å². The molecule has 0 fully saturated rings. The van der Waals surface area contributed by atoms with Crippen LogP contribution in [0.4, 0.5) is 11.5 Å². The van der Waals surface area contributed by atoms with Gasteiger partial charge in [0.05, 0.1) is 11.2 Å². The number of nitrogens with zero attached hydrogens (tertiary/aromatic N) is 3. The van der Waals surface area contributed by atoms with Crippen molar-refractivity contribution < 1.29 is 18.9 Å². The number of nitro groups is 1. The summed E-state index contributed by atoms with van der Waals surface area (Å²) >= 11 is 0. The van der Waals surface area contributed by atoms with Gasteiger partial charge in [0.2, 0.25) is 5.82 Å². The van der Waals surface area contributed by atoms with Crippen LogP contribution in [0, 0.1) is 17.0 Å². The van der Waals surface area contributed by atoms with Crippen LogP contribution >= 0.6 is 0 Å². The van der Waals surface area contributed by atoms with Crippen LogP contribution in [-0.4, -0.2) is 20.8 Å². The van der Waals surface area contributed by atoms with Crippen LogP contribution in [0.5, 0.6) is 11.6 Å². The highest BCUT2D eigenvalue weighted by Gasteiger charge is 2.25. The van der Waals surface area contributed by atoms with Crippen molar-refractivity contribution in [1.82, 2.24) is 15.4 Å². The van der Waals surface area contributed by atoms with Gasteiger partial charge in [0.25, 0.3) is 0 Å². The van der Waals surface area contributed by atoms with Crippen molar-refractivity contribution >= 4 is 17.4 Å². The number of carbonyl (C=O) groups is 1. The van der Waals surface area contributed by atoms with E-state index in [1.165, 1.54) is 18.4 Å². The minimum absolute atomic E-state index is 0.0327. The Balaban J connectivity index is 1.82. The minimum atomic E-state index is -0.703. The maximum atomic E-state index is 11.9. The number of amides is 1. The molecule has 10 nitrogen and oxygen atoms in total. The SMILES string of the molecule is Cc1ccc(Oc2ncnc(NNC(=O)c3ccco3)c2[N+](=O)[O-])cc1. The van der Waals surface area contributed by atoms with Gasteiger partial charge in [-0.2, -0.15) is 4.98 Å². The van der Waals surface area contributed by atoms with Gasteiger partial charge < -0.3 is 9.15 Å². The van der Waals surface area contributed by atoms with E-state index in [0.29, 0.717) is 5.75 Å². The first-order valence-electron chi connectivity index (χ1n) is 7.38. The second-order valence-electron chi connectivity index (χ2n) is 5.10. The summed E-state index contributed by atoms with van der Waals surface area (Å²) in [5, 5.41) is 11.4. The van der Waals surface area contributed by atoms with Crippen molar-refractivity contribution in [3.63, 3.8) is 0 Å². The minimum Gasteiger partial charge on any atom is -0.459 e. The fourth-order valence-corrected chi connectivity index (χ4v) is 2.00. The quantitative estimate of drug-likeness (QED) is 0.509. The van der Waals surface area contributed by atoms with E-state index in [2.05, 4.69) is 20.8 Å². The van der Waals surface area contributed by atoms with Crippen LogP contribution < -0.4 is 15.6 Å². The molecule has 2 N–H and O–H groups in total. The summed E-state index contributed by atoms with van der Waals surface area (Å²) in [6.07, 6.45) is 2.41. The molecule has 0 spiro atoms. The Labute approximate surface area is 147 Å². The van der Waals surface area contributed by atoms with Gasteiger partial charge in [0, 0.05) is 0 Å². The summed E-state index contributed by atoms with van der Waals surface area (Å²) in [5.41, 5.74) is 5.14. The number of hydrogen-bond acceptors (Lipinski definition) is 8. The first kappa shape index (κ1) is 16.9. The molecule has 0 saturated carbocycles. The largest absolute Gasteiger partial charge is 0.459 e. The van der Waals surface area contributed by atoms with Crippen molar-refractivity contribution in [2.24, 2.45) is 0 Å². The first-order valence-corrected chi connectivity index (χ1v) is 7.38. The Kier molecular flexibility index (Phi) is 4.74. The van der Waals surface area contributed by atoms with Crippen molar-refractivity contribution in [3.05, 3.63) is 70.4 Å². The van der Waals surface area contributed by atoms with Crippen molar-refractivity contribution in [1.29, 1.82) is 0 Å². The molecule has 2 aromatic heterocycles. The molecule has 1 aromatic carbocycles. The number of ether oxygens (including phenoxy) is 1. The average molecular weight is 355 g/mol. The molecule has 0 radical (unpaired) electrons. The zero-order chi connectivity index (χ0) is 18.5. The third-order valence-corrected chi connectivity index (χ3v) is 3.25. The van der Waals surface area contributed by atoms with E-state index in [1.54, 1.807) is 24.3 Å². The number of carbonyl (C=O) groups excluding carboxylic acids is 1. The van der Waals surface area contributed by atoms with Crippen molar-refractivity contribution in [3.8, 4) is 11.6 Å². The summed E-state index contributed by atoms with van der Waals surface area (Å²) < 4.78 is 10.4. The van der Waals surface area contributed by atoms with Crippen LogP contribution in [0.25, 0.3) is 0 Å². The zero-order valence-electron chi connectivity index (χ0n) is 13.5. The number of rotatable bonds is 6. The molecule has 10 heteroatoms. The molecule has 0 aliphatic heterocycles. The second-order valence-corrected chi connectivity index (χ2v) is 5.10. The summed E-state index contributed by atoms with van der Waals surface area (Å²) in [5.74, 6) is -0.701. The highest BCUT2D eigenvalue weighted by atomic mass is 16.6. The van der Waals surface area contributed by atoms with Gasteiger partial charge in [-0.05, 0) is 31.2 Å². The lowest BCUT2D eigenvalue weighted by atomic mass is 10.2. The Bertz CT molecular complexity index is 925. The zero-order valence-corrected chi connectivity index (χ0v) is 13.5. The normalized spacial score (nSPS) is 10.2. The number of hydrazine groups is 1. The Hall–Kier alpha value is -3.95. The van der Waals surface area contributed by atoms with Gasteiger partial charge in [-0.1, -0.05) is 17.7 Å².